The SMILES string of the molecule is COc1ccccc1C(=O)N(C)N. The van der Waals surface area contributed by atoms with Crippen LogP contribution in [0.3, 0.4) is 0 Å². The van der Waals surface area contributed by atoms with Crippen LogP contribution in [0.4, 0.5) is 0 Å². The molecule has 1 rings (SSSR count). The molecule has 0 atom stereocenters. The van der Waals surface area contributed by atoms with E-state index >= 15 is 0 Å². The molecule has 0 bridgehead atoms. The van der Waals surface area contributed by atoms with E-state index in [0.29, 0.717) is 11.3 Å². The van der Waals surface area contributed by atoms with Crippen LogP contribution >= 0.6 is 0 Å². The molecule has 0 aromatic heterocycles. The number of nitrogens with two attached hydrogens (primary N) is 1. The maximum absolute atomic E-state index is 11.4. The molecule has 0 fully saturated rings. The van der Waals surface area contributed by atoms with Gasteiger partial charge in [0.2, 0.25) is 0 Å². The summed E-state index contributed by atoms with van der Waals surface area (Å²) < 4.78 is 5.01. The molecule has 0 heterocycles. The van der Waals surface area contributed by atoms with Crippen LogP contribution in [0.5, 0.6) is 5.75 Å². The molecular weight excluding hydrogens is 168 g/mol. The highest BCUT2D eigenvalue weighted by atomic mass is 16.5. The molecule has 4 nitrogen and oxygen atoms in total. The second-order valence-corrected chi connectivity index (χ2v) is 2.62. The van der Waals surface area contributed by atoms with Gasteiger partial charge in [0.05, 0.1) is 12.7 Å². The van der Waals surface area contributed by atoms with E-state index in [1.807, 2.05) is 0 Å². The number of carbonyl (C=O) groups excluding carboxylic acids is 1. The number of ether oxygens (including phenoxy) is 1. The summed E-state index contributed by atoms with van der Waals surface area (Å²) in [6.07, 6.45) is 0. The Morgan fingerprint density at radius 3 is 2.62 bits per heavy atom. The third-order valence-corrected chi connectivity index (χ3v) is 1.66. The highest BCUT2D eigenvalue weighted by Gasteiger charge is 2.12. The molecule has 1 aromatic carbocycles. The summed E-state index contributed by atoms with van der Waals surface area (Å²) in [4.78, 5) is 11.4. The number of amides is 1. The van der Waals surface area contributed by atoms with Gasteiger partial charge in [0.15, 0.2) is 0 Å². The van der Waals surface area contributed by atoms with E-state index < -0.39 is 0 Å². The van der Waals surface area contributed by atoms with Gasteiger partial charge in [-0.1, -0.05) is 12.1 Å². The predicted octanol–water partition coefficient (Wildman–Crippen LogP) is 0.641. The molecule has 0 spiro atoms. The molecule has 4 heteroatoms. The van der Waals surface area contributed by atoms with Crippen LogP contribution < -0.4 is 10.6 Å². The lowest BCUT2D eigenvalue weighted by atomic mass is 10.2. The van der Waals surface area contributed by atoms with Crippen molar-refractivity contribution in [2.45, 2.75) is 0 Å². The Labute approximate surface area is 76.9 Å². The minimum Gasteiger partial charge on any atom is -0.496 e. The zero-order chi connectivity index (χ0) is 9.84. The number of rotatable bonds is 2. The van der Waals surface area contributed by atoms with Gasteiger partial charge < -0.3 is 4.74 Å². The Balaban J connectivity index is 3.06. The molecule has 0 aliphatic rings. The number of methoxy groups -OCH3 is 1. The zero-order valence-corrected chi connectivity index (χ0v) is 7.65. The number of benzene rings is 1. The summed E-state index contributed by atoms with van der Waals surface area (Å²) in [5.41, 5.74) is 0.468. The number of carbonyl (C=O) groups is 1. The summed E-state index contributed by atoms with van der Waals surface area (Å²) in [6, 6.07) is 6.95. The first-order valence-electron chi connectivity index (χ1n) is 3.82. The Kier molecular flexibility index (Phi) is 2.87. The molecule has 1 aromatic rings. The van der Waals surface area contributed by atoms with Gasteiger partial charge in [-0.15, -0.1) is 0 Å². The second kappa shape index (κ2) is 3.91. The largest absolute Gasteiger partial charge is 0.496 e. The highest BCUT2D eigenvalue weighted by molar-refractivity contribution is 5.96. The first kappa shape index (κ1) is 9.54. The Morgan fingerprint density at radius 1 is 1.46 bits per heavy atom. The fraction of sp³-hybridized carbons (Fsp3) is 0.222. The quantitative estimate of drug-likeness (QED) is 0.413. The van der Waals surface area contributed by atoms with Crippen molar-refractivity contribution >= 4 is 5.91 Å². The van der Waals surface area contributed by atoms with Gasteiger partial charge in [-0.3, -0.25) is 9.80 Å². The fourth-order valence-corrected chi connectivity index (χ4v) is 1.01. The Morgan fingerprint density at radius 2 is 2.08 bits per heavy atom. The Bertz CT molecular complexity index is 310. The van der Waals surface area contributed by atoms with Gasteiger partial charge in [-0.2, -0.15) is 0 Å². The fourth-order valence-electron chi connectivity index (χ4n) is 1.01. The first-order chi connectivity index (χ1) is 6.16. The van der Waals surface area contributed by atoms with E-state index in [-0.39, 0.29) is 5.91 Å². The first-order valence-corrected chi connectivity index (χ1v) is 3.82. The maximum atomic E-state index is 11.4. The molecule has 0 radical (unpaired) electrons. The number of hydrazine groups is 1. The molecule has 13 heavy (non-hydrogen) atoms. The van der Waals surface area contributed by atoms with Gasteiger partial charge in [0, 0.05) is 7.05 Å². The monoisotopic (exact) mass is 180 g/mol. The minimum atomic E-state index is -0.266. The number of hydrogen-bond donors (Lipinski definition) is 1. The minimum absolute atomic E-state index is 0.266. The molecule has 0 saturated carbocycles. The zero-order valence-electron chi connectivity index (χ0n) is 7.65. The smallest absolute Gasteiger partial charge is 0.271 e. The lowest BCUT2D eigenvalue weighted by Gasteiger charge is -2.12. The van der Waals surface area contributed by atoms with Crippen LogP contribution in [0.2, 0.25) is 0 Å². The average Bonchev–Trinajstić information content (AvgIpc) is 2.16. The number of nitrogens with zero attached hydrogens (tertiary/aromatic N) is 1. The number of hydrogen-bond acceptors (Lipinski definition) is 3. The molecule has 0 aliphatic heterocycles. The van der Waals surface area contributed by atoms with E-state index in [1.165, 1.54) is 14.2 Å². The summed E-state index contributed by atoms with van der Waals surface area (Å²) in [6.45, 7) is 0. The van der Waals surface area contributed by atoms with E-state index in [9.17, 15) is 4.79 Å². The van der Waals surface area contributed by atoms with Crippen LogP contribution in [0, 0.1) is 0 Å². The topological polar surface area (TPSA) is 55.6 Å². The normalized spacial score (nSPS) is 9.46. The van der Waals surface area contributed by atoms with Crippen LogP contribution in [0.25, 0.3) is 0 Å². The van der Waals surface area contributed by atoms with Crippen LogP contribution in [-0.2, 0) is 0 Å². The summed E-state index contributed by atoms with van der Waals surface area (Å²) in [5, 5.41) is 1.03. The number of para-hydroxylation sites is 1. The Hall–Kier alpha value is -1.55. The van der Waals surface area contributed by atoms with Crippen LogP contribution in [-0.4, -0.2) is 25.1 Å². The third kappa shape index (κ3) is 1.97. The average molecular weight is 180 g/mol. The summed E-state index contributed by atoms with van der Waals surface area (Å²) >= 11 is 0. The predicted molar refractivity (Wildman–Crippen MR) is 49.3 cm³/mol. The third-order valence-electron chi connectivity index (χ3n) is 1.66. The standard InChI is InChI=1S/C9H12N2O2/c1-11(10)9(12)7-5-3-4-6-8(7)13-2/h3-6H,10H2,1-2H3. The van der Waals surface area contributed by atoms with Crippen molar-refractivity contribution in [1.82, 2.24) is 5.01 Å². The van der Waals surface area contributed by atoms with E-state index in [0.717, 1.165) is 5.01 Å². The molecule has 0 aliphatic carbocycles. The van der Waals surface area contributed by atoms with Gasteiger partial charge in [-0.05, 0) is 12.1 Å². The van der Waals surface area contributed by atoms with Crippen LogP contribution in [0.15, 0.2) is 24.3 Å². The lowest BCUT2D eigenvalue weighted by Crippen LogP contribution is -2.33. The van der Waals surface area contributed by atoms with Crippen LogP contribution in [0.1, 0.15) is 10.4 Å². The van der Waals surface area contributed by atoms with Crippen molar-refractivity contribution in [2.75, 3.05) is 14.2 Å². The molecular formula is C9H12N2O2. The van der Waals surface area contributed by atoms with Crippen molar-refractivity contribution in [1.29, 1.82) is 0 Å². The molecule has 0 saturated heterocycles. The lowest BCUT2D eigenvalue weighted by molar-refractivity contribution is 0.0792. The van der Waals surface area contributed by atoms with Crippen molar-refractivity contribution in [3.63, 3.8) is 0 Å². The van der Waals surface area contributed by atoms with E-state index in [2.05, 4.69) is 0 Å². The van der Waals surface area contributed by atoms with Gasteiger partial charge >= 0.3 is 0 Å². The molecule has 0 unspecified atom stereocenters. The van der Waals surface area contributed by atoms with Crippen molar-refractivity contribution < 1.29 is 9.53 Å². The van der Waals surface area contributed by atoms with Gasteiger partial charge in [0.25, 0.3) is 5.91 Å². The van der Waals surface area contributed by atoms with Gasteiger partial charge in [0.1, 0.15) is 5.75 Å². The second-order valence-electron chi connectivity index (χ2n) is 2.62. The van der Waals surface area contributed by atoms with E-state index in [1.54, 1.807) is 24.3 Å². The highest BCUT2D eigenvalue weighted by Crippen LogP contribution is 2.17. The van der Waals surface area contributed by atoms with Crippen molar-refractivity contribution in [2.24, 2.45) is 5.84 Å². The molecule has 1 amide bonds. The van der Waals surface area contributed by atoms with Crippen molar-refractivity contribution in [3.05, 3.63) is 29.8 Å². The summed E-state index contributed by atoms with van der Waals surface area (Å²) in [5.74, 6) is 5.59. The molecule has 2 N–H and O–H groups in total. The van der Waals surface area contributed by atoms with Gasteiger partial charge in [-0.25, -0.2) is 5.84 Å². The van der Waals surface area contributed by atoms with Crippen molar-refractivity contribution in [3.8, 4) is 5.75 Å². The molecule has 70 valence electrons. The summed E-state index contributed by atoms with van der Waals surface area (Å²) in [7, 11) is 3.01. The van der Waals surface area contributed by atoms with E-state index in [4.69, 9.17) is 10.6 Å². The maximum Gasteiger partial charge on any atom is 0.271 e.